The zero-order valence-electron chi connectivity index (χ0n) is 17.6. The Morgan fingerprint density at radius 3 is 2.63 bits per heavy atom. The van der Waals surface area contributed by atoms with E-state index in [1.165, 1.54) is 0 Å². The second-order valence-electron chi connectivity index (χ2n) is 7.65. The number of unbranched alkanes of at least 4 members (excludes halogenated alkanes) is 1. The molecule has 0 fully saturated rings. The quantitative estimate of drug-likeness (QED) is 0.612. The normalized spacial score (nSPS) is 15.2. The van der Waals surface area contributed by atoms with Gasteiger partial charge in [-0.1, -0.05) is 25.5 Å². The van der Waals surface area contributed by atoms with Crippen LogP contribution < -0.4 is 20.2 Å². The fourth-order valence-electron chi connectivity index (χ4n) is 3.96. The molecule has 1 amide bonds. The highest BCUT2D eigenvalue weighted by Crippen LogP contribution is 2.36. The third kappa shape index (κ3) is 3.32. The first-order valence-electron chi connectivity index (χ1n) is 10.1. The number of nitrogens with one attached hydrogen (secondary N) is 1. The van der Waals surface area contributed by atoms with Crippen LogP contribution in [-0.2, 0) is 0 Å². The summed E-state index contributed by atoms with van der Waals surface area (Å²) in [4.78, 5) is 26.0. The maximum absolute atomic E-state index is 13.4. The van der Waals surface area contributed by atoms with E-state index in [0.29, 0.717) is 34.6 Å². The second-order valence-corrected chi connectivity index (χ2v) is 7.65. The molecule has 1 atom stereocenters. The SMILES string of the molecule is CCCCOc1ccc(C2NC(=O)c3oc4cc(C)cc(C)c4c(=O)c32)cc1OC. The van der Waals surface area contributed by atoms with Gasteiger partial charge in [0.1, 0.15) is 5.58 Å². The monoisotopic (exact) mass is 407 g/mol. The minimum absolute atomic E-state index is 0.0738. The van der Waals surface area contributed by atoms with Crippen LogP contribution in [0.5, 0.6) is 11.5 Å². The Morgan fingerprint density at radius 2 is 1.90 bits per heavy atom. The van der Waals surface area contributed by atoms with Crippen LogP contribution in [0.1, 0.15) is 58.6 Å². The Morgan fingerprint density at radius 1 is 1.10 bits per heavy atom. The molecule has 0 radical (unpaired) electrons. The number of hydrogen-bond acceptors (Lipinski definition) is 5. The molecule has 0 aliphatic carbocycles. The number of ether oxygens (including phenoxy) is 2. The zero-order chi connectivity index (χ0) is 21.4. The summed E-state index contributed by atoms with van der Waals surface area (Å²) in [5, 5.41) is 3.39. The van der Waals surface area contributed by atoms with Crippen LogP contribution in [0.3, 0.4) is 0 Å². The Balaban J connectivity index is 1.81. The molecule has 6 nitrogen and oxygen atoms in total. The van der Waals surface area contributed by atoms with E-state index in [2.05, 4.69) is 12.2 Å². The van der Waals surface area contributed by atoms with Gasteiger partial charge in [-0.3, -0.25) is 9.59 Å². The molecule has 0 spiro atoms. The Kier molecular flexibility index (Phi) is 5.24. The maximum Gasteiger partial charge on any atom is 0.288 e. The molecule has 2 heterocycles. The van der Waals surface area contributed by atoms with Gasteiger partial charge in [0.2, 0.25) is 5.76 Å². The van der Waals surface area contributed by atoms with Crippen molar-refractivity contribution >= 4 is 16.9 Å². The minimum Gasteiger partial charge on any atom is -0.493 e. The van der Waals surface area contributed by atoms with E-state index < -0.39 is 11.9 Å². The van der Waals surface area contributed by atoms with Crippen molar-refractivity contribution < 1.29 is 18.7 Å². The average molecular weight is 407 g/mol. The zero-order valence-corrected chi connectivity index (χ0v) is 17.6. The van der Waals surface area contributed by atoms with E-state index in [1.54, 1.807) is 19.2 Å². The molecule has 1 aliphatic rings. The van der Waals surface area contributed by atoms with E-state index in [9.17, 15) is 9.59 Å². The number of aryl methyl sites for hydroxylation is 2. The third-order valence-electron chi connectivity index (χ3n) is 5.42. The Labute approximate surface area is 174 Å². The van der Waals surface area contributed by atoms with Crippen LogP contribution in [0.4, 0.5) is 0 Å². The van der Waals surface area contributed by atoms with Crippen LogP contribution in [0.25, 0.3) is 11.0 Å². The van der Waals surface area contributed by atoms with Gasteiger partial charge in [0.25, 0.3) is 5.91 Å². The molecular formula is C24H25NO5. The molecule has 0 saturated carbocycles. The van der Waals surface area contributed by atoms with Gasteiger partial charge in [0.15, 0.2) is 16.9 Å². The molecule has 1 N–H and O–H groups in total. The summed E-state index contributed by atoms with van der Waals surface area (Å²) < 4.78 is 17.2. The van der Waals surface area contributed by atoms with E-state index in [4.69, 9.17) is 13.9 Å². The molecule has 0 bridgehead atoms. The lowest BCUT2D eigenvalue weighted by Crippen LogP contribution is -2.22. The number of fused-ring (bicyclic) bond motifs is 2. The van der Waals surface area contributed by atoms with E-state index in [0.717, 1.165) is 29.5 Å². The largest absolute Gasteiger partial charge is 0.493 e. The van der Waals surface area contributed by atoms with Crippen molar-refractivity contribution in [3.8, 4) is 11.5 Å². The smallest absolute Gasteiger partial charge is 0.288 e. The first-order chi connectivity index (χ1) is 14.4. The first kappa shape index (κ1) is 20.0. The second kappa shape index (κ2) is 7.86. The number of amides is 1. The third-order valence-corrected chi connectivity index (χ3v) is 5.42. The standard InChI is InChI=1S/C24H25NO5/c1-5-6-9-29-16-8-7-15(12-17(16)28-4)21-20-22(26)19-14(3)10-13(2)11-18(19)30-23(20)24(27)25-21/h7-8,10-12,21H,5-6,9H2,1-4H3,(H,25,27). The molecule has 1 unspecified atom stereocenters. The van der Waals surface area contributed by atoms with Crippen molar-refractivity contribution in [1.29, 1.82) is 0 Å². The number of carbonyl (C=O) groups excluding carboxylic acids is 1. The highest BCUT2D eigenvalue weighted by Gasteiger charge is 2.36. The Bertz CT molecular complexity index is 1190. The van der Waals surface area contributed by atoms with Gasteiger partial charge in [-0.2, -0.15) is 0 Å². The van der Waals surface area contributed by atoms with Crippen molar-refractivity contribution in [2.24, 2.45) is 0 Å². The molecule has 4 rings (SSSR count). The average Bonchev–Trinajstić information content (AvgIpc) is 3.04. The van der Waals surface area contributed by atoms with Crippen LogP contribution in [0.15, 0.2) is 39.5 Å². The number of hydrogen-bond donors (Lipinski definition) is 1. The molecular weight excluding hydrogens is 382 g/mol. The van der Waals surface area contributed by atoms with Crippen LogP contribution >= 0.6 is 0 Å². The van der Waals surface area contributed by atoms with Crippen LogP contribution in [-0.4, -0.2) is 19.6 Å². The van der Waals surface area contributed by atoms with Crippen molar-refractivity contribution in [1.82, 2.24) is 5.32 Å². The maximum atomic E-state index is 13.4. The predicted octanol–water partition coefficient (Wildman–Crippen LogP) is 4.43. The van der Waals surface area contributed by atoms with Crippen LogP contribution in [0.2, 0.25) is 0 Å². The summed E-state index contributed by atoms with van der Waals surface area (Å²) in [6.45, 7) is 6.51. The van der Waals surface area contributed by atoms with E-state index in [1.807, 2.05) is 32.0 Å². The Hall–Kier alpha value is -3.28. The summed E-state index contributed by atoms with van der Waals surface area (Å²) >= 11 is 0. The molecule has 1 aromatic heterocycles. The van der Waals surface area contributed by atoms with Gasteiger partial charge in [0, 0.05) is 0 Å². The van der Waals surface area contributed by atoms with Crippen molar-refractivity contribution in [2.75, 3.05) is 13.7 Å². The molecule has 1 aliphatic heterocycles. The summed E-state index contributed by atoms with van der Waals surface area (Å²) in [6, 6.07) is 8.58. The molecule has 6 heteroatoms. The lowest BCUT2D eigenvalue weighted by Gasteiger charge is -2.16. The summed E-state index contributed by atoms with van der Waals surface area (Å²) in [5.41, 5.74) is 3.12. The molecule has 2 aromatic carbocycles. The number of methoxy groups -OCH3 is 1. The van der Waals surface area contributed by atoms with Gasteiger partial charge in [-0.05, 0) is 55.2 Å². The lowest BCUT2D eigenvalue weighted by atomic mass is 9.97. The fraction of sp³-hybridized carbons (Fsp3) is 0.333. The minimum atomic E-state index is -0.604. The topological polar surface area (TPSA) is 77.8 Å². The molecule has 30 heavy (non-hydrogen) atoms. The summed E-state index contributed by atoms with van der Waals surface area (Å²) in [5.74, 6) is 0.875. The molecule has 3 aromatic rings. The van der Waals surface area contributed by atoms with Gasteiger partial charge >= 0.3 is 0 Å². The van der Waals surface area contributed by atoms with Gasteiger partial charge in [-0.25, -0.2) is 0 Å². The summed E-state index contributed by atoms with van der Waals surface area (Å²) in [7, 11) is 1.57. The van der Waals surface area contributed by atoms with Crippen LogP contribution in [0, 0.1) is 13.8 Å². The highest BCUT2D eigenvalue weighted by molar-refractivity contribution is 5.99. The van der Waals surface area contributed by atoms with Crippen molar-refractivity contribution in [3.05, 3.63) is 68.6 Å². The molecule has 156 valence electrons. The van der Waals surface area contributed by atoms with Crippen molar-refractivity contribution in [2.45, 2.75) is 39.7 Å². The molecule has 0 saturated heterocycles. The van der Waals surface area contributed by atoms with E-state index in [-0.39, 0.29) is 11.2 Å². The number of benzene rings is 2. The highest BCUT2D eigenvalue weighted by atomic mass is 16.5. The lowest BCUT2D eigenvalue weighted by molar-refractivity contribution is 0.0938. The van der Waals surface area contributed by atoms with Crippen molar-refractivity contribution in [3.63, 3.8) is 0 Å². The van der Waals surface area contributed by atoms with Gasteiger partial charge < -0.3 is 19.2 Å². The first-order valence-corrected chi connectivity index (χ1v) is 10.1. The summed E-state index contributed by atoms with van der Waals surface area (Å²) in [6.07, 6.45) is 1.98. The number of rotatable bonds is 6. The fourth-order valence-corrected chi connectivity index (χ4v) is 3.96. The number of carbonyl (C=O) groups is 1. The predicted molar refractivity (Wildman–Crippen MR) is 115 cm³/mol. The van der Waals surface area contributed by atoms with E-state index >= 15 is 0 Å². The van der Waals surface area contributed by atoms with Gasteiger partial charge in [0.05, 0.1) is 30.7 Å². The van der Waals surface area contributed by atoms with Gasteiger partial charge in [-0.15, -0.1) is 0 Å².